The molecule has 0 aromatic heterocycles. The van der Waals surface area contributed by atoms with Gasteiger partial charge in [0.15, 0.2) is 0 Å². The fourth-order valence-corrected chi connectivity index (χ4v) is 1.00. The summed E-state index contributed by atoms with van der Waals surface area (Å²) in [4.78, 5) is 2.29. The molecule has 0 aromatic rings. The lowest BCUT2D eigenvalue weighted by Gasteiger charge is -2.26. The van der Waals surface area contributed by atoms with Crippen LogP contribution in [0.3, 0.4) is 0 Å². The van der Waals surface area contributed by atoms with Crippen LogP contribution in [0.1, 0.15) is 21.1 Å². The van der Waals surface area contributed by atoms with Gasteiger partial charge in [0, 0.05) is 1.37 Å². The Morgan fingerprint density at radius 3 is 2.38 bits per heavy atom. The number of hydrogen-bond donors (Lipinski definition) is 0. The topological polar surface area (TPSA) is 3.24 Å². The van der Waals surface area contributed by atoms with Gasteiger partial charge in [-0.05, 0) is 38.9 Å². The number of hydrogen-bond acceptors (Lipinski definition) is 1. The molecule has 1 fully saturated rings. The monoisotopic (exact) mass is 114 g/mol. The molecule has 1 nitrogen and oxygen atoms in total. The van der Waals surface area contributed by atoms with E-state index in [0.29, 0.717) is 0 Å². The third-order valence-electron chi connectivity index (χ3n) is 1.84. The Hall–Kier alpha value is -0.0400. The van der Waals surface area contributed by atoms with Crippen molar-refractivity contribution in [2.45, 2.75) is 19.8 Å². The van der Waals surface area contributed by atoms with Gasteiger partial charge in [-0.15, -0.1) is 0 Å². The first-order valence-corrected chi connectivity index (χ1v) is 3.29. The average Bonchev–Trinajstić information content (AvgIpc) is 1.78. The Kier molecular flexibility index (Phi) is 1.50. The molecule has 0 bridgehead atoms. The van der Waals surface area contributed by atoms with Crippen molar-refractivity contribution in [2.75, 3.05) is 20.1 Å². The Labute approximate surface area is 53.1 Å². The van der Waals surface area contributed by atoms with Crippen molar-refractivity contribution in [1.82, 2.24) is 4.90 Å². The fraction of sp³-hybridized carbons (Fsp3) is 1.00. The van der Waals surface area contributed by atoms with E-state index in [9.17, 15) is 0 Å². The van der Waals surface area contributed by atoms with Gasteiger partial charge in [0.05, 0.1) is 0 Å². The summed E-state index contributed by atoms with van der Waals surface area (Å²) in [5.41, 5.74) is 0. The van der Waals surface area contributed by atoms with Crippen LogP contribution < -0.4 is 0 Å². The second-order valence-electron chi connectivity index (χ2n) is 2.76. The van der Waals surface area contributed by atoms with Gasteiger partial charge in [0.2, 0.25) is 0 Å². The summed E-state index contributed by atoms with van der Waals surface area (Å²) in [6.07, 6.45) is 2.06. The molecule has 1 heterocycles. The Morgan fingerprint density at radius 2 is 2.00 bits per heavy atom. The Balaban J connectivity index is 2.35. The van der Waals surface area contributed by atoms with Gasteiger partial charge in [0.25, 0.3) is 0 Å². The molecule has 0 spiro atoms. The highest BCUT2D eigenvalue weighted by Gasteiger charge is 2.10. The lowest BCUT2D eigenvalue weighted by Crippen LogP contribution is -2.28. The van der Waals surface area contributed by atoms with E-state index < -0.39 is 0 Å². The lowest BCUT2D eigenvalue weighted by atomic mass is 10.00. The van der Waals surface area contributed by atoms with E-state index in [1.54, 1.807) is 0 Å². The minimum atomic E-state index is -0.132. The molecule has 0 aliphatic carbocycles. The Morgan fingerprint density at radius 1 is 1.50 bits per heavy atom. The second-order valence-corrected chi connectivity index (χ2v) is 2.76. The van der Waals surface area contributed by atoms with Gasteiger partial charge >= 0.3 is 0 Å². The standard InChI is InChI=1S/C7H15N/c1-7-3-5-8(2)6-4-7/h7H,3-6H2,1-2H3/i7D. The average molecular weight is 114 g/mol. The molecular weight excluding hydrogens is 98.1 g/mol. The number of piperidine rings is 1. The van der Waals surface area contributed by atoms with Crippen LogP contribution in [0.15, 0.2) is 0 Å². The molecule has 0 N–H and O–H groups in total. The van der Waals surface area contributed by atoms with Gasteiger partial charge in [-0.25, -0.2) is 0 Å². The second kappa shape index (κ2) is 2.49. The largest absolute Gasteiger partial charge is 0.306 e. The maximum atomic E-state index is 7.69. The molecule has 0 unspecified atom stereocenters. The zero-order valence-corrected chi connectivity index (χ0v) is 5.78. The van der Waals surface area contributed by atoms with Crippen molar-refractivity contribution in [3.63, 3.8) is 0 Å². The van der Waals surface area contributed by atoms with Crippen LogP contribution in [-0.2, 0) is 0 Å². The molecule has 1 heteroatoms. The molecule has 0 saturated carbocycles. The highest BCUT2D eigenvalue weighted by molar-refractivity contribution is 4.65. The Bertz CT molecular complexity index is 91.1. The van der Waals surface area contributed by atoms with E-state index in [1.807, 2.05) is 6.92 Å². The predicted molar refractivity (Wildman–Crippen MR) is 35.9 cm³/mol. The lowest BCUT2D eigenvalue weighted by molar-refractivity contribution is 0.230. The quantitative estimate of drug-likeness (QED) is 0.459. The molecule has 1 aliphatic rings. The number of nitrogens with zero attached hydrogens (tertiary/aromatic N) is 1. The summed E-state index contributed by atoms with van der Waals surface area (Å²) in [7, 11) is 2.12. The van der Waals surface area contributed by atoms with Crippen molar-refractivity contribution in [3.05, 3.63) is 0 Å². The predicted octanol–water partition coefficient (Wildman–Crippen LogP) is 1.35. The summed E-state index contributed by atoms with van der Waals surface area (Å²) in [5, 5.41) is 0. The first kappa shape index (κ1) is 4.80. The molecule has 1 saturated heterocycles. The molecule has 1 rings (SSSR count). The van der Waals surface area contributed by atoms with Crippen molar-refractivity contribution in [3.8, 4) is 0 Å². The molecule has 1 aliphatic heterocycles. The van der Waals surface area contributed by atoms with Gasteiger partial charge in [0.1, 0.15) is 0 Å². The minimum absolute atomic E-state index is 0.132. The molecule has 0 atom stereocenters. The summed E-state index contributed by atoms with van der Waals surface area (Å²) in [6, 6.07) is 0. The van der Waals surface area contributed by atoms with Gasteiger partial charge in [-0.3, -0.25) is 0 Å². The third kappa shape index (κ3) is 1.48. The van der Waals surface area contributed by atoms with Crippen molar-refractivity contribution >= 4 is 0 Å². The van der Waals surface area contributed by atoms with E-state index in [0.717, 1.165) is 25.9 Å². The van der Waals surface area contributed by atoms with Crippen molar-refractivity contribution in [2.24, 2.45) is 5.89 Å². The molecule has 48 valence electrons. The zero-order chi connectivity index (χ0) is 6.91. The van der Waals surface area contributed by atoms with Crippen LogP contribution in [0.2, 0.25) is 0 Å². The van der Waals surface area contributed by atoms with E-state index in [2.05, 4.69) is 11.9 Å². The maximum absolute atomic E-state index is 7.69. The van der Waals surface area contributed by atoms with Crippen LogP contribution in [0.25, 0.3) is 0 Å². The van der Waals surface area contributed by atoms with Crippen LogP contribution in [0.5, 0.6) is 0 Å². The van der Waals surface area contributed by atoms with Crippen LogP contribution in [0, 0.1) is 5.89 Å². The first-order valence-electron chi connectivity index (χ1n) is 3.79. The third-order valence-corrected chi connectivity index (χ3v) is 1.84. The van der Waals surface area contributed by atoms with Crippen molar-refractivity contribution < 1.29 is 1.37 Å². The van der Waals surface area contributed by atoms with E-state index >= 15 is 0 Å². The van der Waals surface area contributed by atoms with Crippen LogP contribution in [-0.4, -0.2) is 25.0 Å². The van der Waals surface area contributed by atoms with E-state index in [4.69, 9.17) is 1.37 Å². The summed E-state index contributed by atoms with van der Waals surface area (Å²) in [6.45, 7) is 4.22. The highest BCUT2D eigenvalue weighted by Crippen LogP contribution is 2.13. The number of rotatable bonds is 0. The van der Waals surface area contributed by atoms with Gasteiger partial charge in [-0.2, -0.15) is 0 Å². The van der Waals surface area contributed by atoms with E-state index in [1.165, 1.54) is 0 Å². The molecular formula is C7H15N. The van der Waals surface area contributed by atoms with E-state index in [-0.39, 0.29) is 5.89 Å². The van der Waals surface area contributed by atoms with Crippen LogP contribution >= 0.6 is 0 Å². The fourth-order valence-electron chi connectivity index (χ4n) is 1.00. The highest BCUT2D eigenvalue weighted by atomic mass is 15.1. The number of likely N-dealkylation sites (tertiary alicyclic amines) is 1. The SMILES string of the molecule is [2H]C1(C)CCN(C)CC1. The molecule has 0 radical (unpaired) electrons. The van der Waals surface area contributed by atoms with Gasteiger partial charge in [-0.1, -0.05) is 6.92 Å². The maximum Gasteiger partial charge on any atom is 0.0301 e. The first-order chi connectivity index (χ1) is 4.10. The summed E-state index contributed by atoms with van der Waals surface area (Å²) in [5.74, 6) is -0.132. The van der Waals surface area contributed by atoms with Crippen molar-refractivity contribution in [1.29, 1.82) is 0 Å². The minimum Gasteiger partial charge on any atom is -0.306 e. The smallest absolute Gasteiger partial charge is 0.0301 e. The summed E-state index contributed by atoms with van der Waals surface area (Å²) < 4.78 is 7.69. The van der Waals surface area contributed by atoms with Crippen LogP contribution in [0.4, 0.5) is 0 Å². The molecule has 8 heavy (non-hydrogen) atoms. The molecule has 0 amide bonds. The summed E-state index contributed by atoms with van der Waals surface area (Å²) >= 11 is 0. The molecule has 0 aromatic carbocycles. The van der Waals surface area contributed by atoms with Gasteiger partial charge < -0.3 is 4.90 Å². The normalized spacial score (nSPS) is 32.0. The zero-order valence-electron chi connectivity index (χ0n) is 6.78.